The van der Waals surface area contributed by atoms with Crippen LogP contribution in [0.1, 0.15) is 32.8 Å². The van der Waals surface area contributed by atoms with Crippen molar-refractivity contribution in [3.8, 4) is 5.75 Å². The van der Waals surface area contributed by atoms with Gasteiger partial charge >= 0.3 is 11.9 Å². The van der Waals surface area contributed by atoms with Crippen LogP contribution >= 0.6 is 0 Å². The molecular formula is C17H23NO6. The summed E-state index contributed by atoms with van der Waals surface area (Å²) in [6.45, 7) is 4.58. The van der Waals surface area contributed by atoms with E-state index in [1.807, 2.05) is 0 Å². The van der Waals surface area contributed by atoms with E-state index in [1.165, 1.54) is 19.1 Å². The van der Waals surface area contributed by atoms with Crippen molar-refractivity contribution in [1.82, 2.24) is 5.32 Å². The van der Waals surface area contributed by atoms with Gasteiger partial charge in [-0.15, -0.1) is 0 Å². The van der Waals surface area contributed by atoms with Gasteiger partial charge in [-0.2, -0.15) is 0 Å². The van der Waals surface area contributed by atoms with Gasteiger partial charge in [0.05, 0.1) is 13.2 Å². The highest BCUT2D eigenvalue weighted by molar-refractivity contribution is 6.07. The zero-order valence-electron chi connectivity index (χ0n) is 14.1. The predicted molar refractivity (Wildman–Crippen MR) is 86.2 cm³/mol. The summed E-state index contributed by atoms with van der Waals surface area (Å²) in [6.07, 6.45) is 0.285. The molecular weight excluding hydrogens is 314 g/mol. The standard InChI is InChI=1S/C17H23NO6/c1-4-23-15(21)17(18-12(3)19,16(22)24-5-2)11-10-13-6-8-14(20)9-7-13/h6-9,20H,4-5,10-11H2,1-3H3,(H,18,19). The van der Waals surface area contributed by atoms with Crippen molar-refractivity contribution in [2.45, 2.75) is 39.2 Å². The molecule has 0 aliphatic carbocycles. The third-order valence-corrected chi connectivity index (χ3v) is 3.36. The molecule has 0 radical (unpaired) electrons. The Morgan fingerprint density at radius 2 is 1.54 bits per heavy atom. The van der Waals surface area contributed by atoms with Gasteiger partial charge in [-0.25, -0.2) is 9.59 Å². The number of ether oxygens (including phenoxy) is 2. The molecule has 0 spiro atoms. The van der Waals surface area contributed by atoms with Crippen LogP contribution in [0.3, 0.4) is 0 Å². The lowest BCUT2D eigenvalue weighted by Crippen LogP contribution is -2.61. The number of nitrogens with one attached hydrogen (secondary N) is 1. The van der Waals surface area contributed by atoms with Gasteiger partial charge in [-0.1, -0.05) is 12.1 Å². The van der Waals surface area contributed by atoms with Crippen LogP contribution in [-0.2, 0) is 30.3 Å². The zero-order valence-corrected chi connectivity index (χ0v) is 14.1. The van der Waals surface area contributed by atoms with Gasteiger partial charge in [0.15, 0.2) is 0 Å². The van der Waals surface area contributed by atoms with E-state index in [9.17, 15) is 19.5 Å². The van der Waals surface area contributed by atoms with Crippen LogP contribution in [0.25, 0.3) is 0 Å². The van der Waals surface area contributed by atoms with Gasteiger partial charge in [-0.05, 0) is 44.4 Å². The summed E-state index contributed by atoms with van der Waals surface area (Å²) in [6, 6.07) is 6.35. The molecule has 0 aliphatic rings. The highest BCUT2D eigenvalue weighted by Gasteiger charge is 2.49. The lowest BCUT2D eigenvalue weighted by molar-refractivity contribution is -0.168. The topological polar surface area (TPSA) is 102 Å². The van der Waals surface area contributed by atoms with Crippen LogP contribution in [0.2, 0.25) is 0 Å². The Labute approximate surface area is 141 Å². The molecule has 0 bridgehead atoms. The Bertz CT molecular complexity index is 563. The van der Waals surface area contributed by atoms with Gasteiger partial charge in [-0.3, -0.25) is 4.79 Å². The SMILES string of the molecule is CCOC(=O)C(CCc1ccc(O)cc1)(NC(C)=O)C(=O)OCC. The van der Waals surface area contributed by atoms with E-state index in [-0.39, 0.29) is 25.4 Å². The highest BCUT2D eigenvalue weighted by atomic mass is 16.6. The van der Waals surface area contributed by atoms with Crippen molar-refractivity contribution in [1.29, 1.82) is 0 Å². The van der Waals surface area contributed by atoms with Crippen LogP contribution in [-0.4, -0.2) is 41.7 Å². The summed E-state index contributed by atoms with van der Waals surface area (Å²) in [5, 5.41) is 11.7. The van der Waals surface area contributed by atoms with E-state index in [0.717, 1.165) is 5.56 Å². The molecule has 1 aromatic rings. The quantitative estimate of drug-likeness (QED) is 0.548. The number of hydrogen-bond donors (Lipinski definition) is 2. The number of benzene rings is 1. The normalized spacial score (nSPS) is 10.8. The number of phenols is 1. The first-order valence-electron chi connectivity index (χ1n) is 7.76. The second kappa shape index (κ2) is 8.90. The van der Waals surface area contributed by atoms with Gasteiger partial charge in [0.2, 0.25) is 11.4 Å². The summed E-state index contributed by atoms with van der Waals surface area (Å²) in [7, 11) is 0. The molecule has 0 aliphatic heterocycles. The molecule has 0 saturated carbocycles. The number of carbonyl (C=O) groups is 3. The molecule has 0 unspecified atom stereocenters. The fourth-order valence-electron chi connectivity index (χ4n) is 2.26. The molecule has 2 N–H and O–H groups in total. The minimum atomic E-state index is -1.89. The Balaban J connectivity index is 3.11. The lowest BCUT2D eigenvalue weighted by atomic mass is 9.90. The fraction of sp³-hybridized carbons (Fsp3) is 0.471. The molecule has 0 aromatic heterocycles. The molecule has 0 saturated heterocycles. The summed E-state index contributed by atoms with van der Waals surface area (Å²) >= 11 is 0. The maximum Gasteiger partial charge on any atom is 0.343 e. The third kappa shape index (κ3) is 4.97. The molecule has 7 nitrogen and oxygen atoms in total. The van der Waals surface area contributed by atoms with Crippen molar-refractivity contribution in [2.75, 3.05) is 13.2 Å². The minimum absolute atomic E-state index is 0.0188. The second-order valence-electron chi connectivity index (χ2n) is 5.19. The van der Waals surface area contributed by atoms with Crippen LogP contribution in [0, 0.1) is 0 Å². The number of phenolic OH excluding ortho intramolecular Hbond substituents is 1. The lowest BCUT2D eigenvalue weighted by Gasteiger charge is -2.29. The Hall–Kier alpha value is -2.57. The third-order valence-electron chi connectivity index (χ3n) is 3.36. The molecule has 1 amide bonds. The zero-order chi connectivity index (χ0) is 18.2. The molecule has 24 heavy (non-hydrogen) atoms. The molecule has 7 heteroatoms. The van der Waals surface area contributed by atoms with Crippen molar-refractivity contribution in [3.05, 3.63) is 29.8 Å². The number of carbonyl (C=O) groups excluding carboxylic acids is 3. The van der Waals surface area contributed by atoms with Crippen molar-refractivity contribution in [2.24, 2.45) is 0 Å². The first-order chi connectivity index (χ1) is 11.4. The Morgan fingerprint density at radius 3 is 1.96 bits per heavy atom. The summed E-state index contributed by atoms with van der Waals surface area (Å²) in [5.74, 6) is -2.13. The van der Waals surface area contributed by atoms with Crippen LogP contribution in [0.5, 0.6) is 5.75 Å². The van der Waals surface area contributed by atoms with Crippen LogP contribution in [0.4, 0.5) is 0 Å². The largest absolute Gasteiger partial charge is 0.508 e. The monoisotopic (exact) mass is 337 g/mol. The van der Waals surface area contributed by atoms with Crippen LogP contribution in [0.15, 0.2) is 24.3 Å². The van der Waals surface area contributed by atoms with E-state index in [1.54, 1.807) is 26.0 Å². The maximum atomic E-state index is 12.4. The molecule has 0 fully saturated rings. The van der Waals surface area contributed by atoms with E-state index in [4.69, 9.17) is 9.47 Å². The minimum Gasteiger partial charge on any atom is -0.508 e. The Morgan fingerprint density at radius 1 is 1.04 bits per heavy atom. The molecule has 0 heterocycles. The number of amides is 1. The average molecular weight is 337 g/mol. The summed E-state index contributed by atoms with van der Waals surface area (Å²) in [5.41, 5.74) is -1.11. The van der Waals surface area contributed by atoms with Crippen molar-refractivity contribution < 1.29 is 29.0 Å². The number of aryl methyl sites for hydroxylation is 1. The molecule has 1 rings (SSSR count). The van der Waals surface area contributed by atoms with Crippen molar-refractivity contribution >= 4 is 17.8 Å². The molecule has 1 aromatic carbocycles. The maximum absolute atomic E-state index is 12.4. The van der Waals surface area contributed by atoms with E-state index in [0.29, 0.717) is 6.42 Å². The van der Waals surface area contributed by atoms with E-state index in [2.05, 4.69) is 5.32 Å². The molecule has 0 atom stereocenters. The number of hydrogen-bond acceptors (Lipinski definition) is 6. The first kappa shape index (κ1) is 19.5. The Kier molecular flexibility index (Phi) is 7.23. The first-order valence-corrected chi connectivity index (χ1v) is 7.76. The molecule has 132 valence electrons. The van der Waals surface area contributed by atoms with E-state index >= 15 is 0 Å². The van der Waals surface area contributed by atoms with Gasteiger partial charge in [0.1, 0.15) is 5.75 Å². The van der Waals surface area contributed by atoms with Crippen molar-refractivity contribution in [3.63, 3.8) is 0 Å². The summed E-state index contributed by atoms with van der Waals surface area (Å²) < 4.78 is 9.98. The second-order valence-corrected chi connectivity index (χ2v) is 5.19. The number of rotatable bonds is 8. The number of aromatic hydroxyl groups is 1. The number of esters is 2. The fourth-order valence-corrected chi connectivity index (χ4v) is 2.26. The van der Waals surface area contributed by atoms with Gasteiger partial charge < -0.3 is 19.9 Å². The van der Waals surface area contributed by atoms with Gasteiger partial charge in [0, 0.05) is 6.92 Å². The average Bonchev–Trinajstić information content (AvgIpc) is 2.53. The smallest absolute Gasteiger partial charge is 0.343 e. The highest BCUT2D eigenvalue weighted by Crippen LogP contribution is 2.21. The predicted octanol–water partition coefficient (Wildman–Crippen LogP) is 1.33. The van der Waals surface area contributed by atoms with Crippen LogP contribution < -0.4 is 5.32 Å². The van der Waals surface area contributed by atoms with E-state index < -0.39 is 23.4 Å². The van der Waals surface area contributed by atoms with Gasteiger partial charge in [0.25, 0.3) is 0 Å². The summed E-state index contributed by atoms with van der Waals surface area (Å²) in [4.78, 5) is 36.4.